The van der Waals surface area contributed by atoms with Crippen LogP contribution in [0.2, 0.25) is 0 Å². The molecule has 10 heteroatoms. The highest BCUT2D eigenvalue weighted by Gasteiger charge is 2.33. The van der Waals surface area contributed by atoms with Crippen LogP contribution < -0.4 is 10.3 Å². The van der Waals surface area contributed by atoms with Crippen LogP contribution in [0.15, 0.2) is 40.4 Å². The summed E-state index contributed by atoms with van der Waals surface area (Å²) in [7, 11) is 1.52. The van der Waals surface area contributed by atoms with Crippen molar-refractivity contribution in [3.63, 3.8) is 0 Å². The van der Waals surface area contributed by atoms with E-state index in [0.29, 0.717) is 23.9 Å². The van der Waals surface area contributed by atoms with Gasteiger partial charge in [0.2, 0.25) is 0 Å². The summed E-state index contributed by atoms with van der Waals surface area (Å²) in [6, 6.07) is 5.46. The number of hydrogen-bond donors (Lipinski definition) is 0. The largest absolute Gasteiger partial charge is 0.573 e. The molecule has 0 saturated heterocycles. The number of alkyl halides is 3. The minimum Gasteiger partial charge on any atom is -0.465 e. The minimum atomic E-state index is -4.87. The highest BCUT2D eigenvalue weighted by molar-refractivity contribution is 7.99. The van der Waals surface area contributed by atoms with Gasteiger partial charge < -0.3 is 9.47 Å². The summed E-state index contributed by atoms with van der Waals surface area (Å²) >= 11 is 1.35. The van der Waals surface area contributed by atoms with Gasteiger partial charge in [0.1, 0.15) is 5.75 Å². The van der Waals surface area contributed by atoms with Crippen molar-refractivity contribution in [2.24, 2.45) is 18.4 Å². The van der Waals surface area contributed by atoms with E-state index in [2.05, 4.69) is 9.72 Å². The van der Waals surface area contributed by atoms with Crippen LogP contribution in [0.25, 0.3) is 11.1 Å². The summed E-state index contributed by atoms with van der Waals surface area (Å²) in [5.41, 5.74) is -0.981. The fourth-order valence-electron chi connectivity index (χ4n) is 2.70. The Morgan fingerprint density at radius 3 is 2.45 bits per heavy atom. The van der Waals surface area contributed by atoms with Gasteiger partial charge in [-0.1, -0.05) is 43.8 Å². The van der Waals surface area contributed by atoms with Crippen molar-refractivity contribution in [1.29, 1.82) is 0 Å². The number of para-hydroxylation sites is 1. The number of aromatic nitrogens is 2. The zero-order chi connectivity index (χ0) is 24.8. The normalized spacial score (nSPS) is 12.2. The summed E-state index contributed by atoms with van der Waals surface area (Å²) < 4.78 is 48.8. The number of esters is 1. The monoisotopic (exact) mass is 486 g/mol. The van der Waals surface area contributed by atoms with Crippen LogP contribution in [0.5, 0.6) is 5.75 Å². The van der Waals surface area contributed by atoms with E-state index in [9.17, 15) is 22.8 Å². The SMILES string of the molecule is CC(C)C(C)(C)C(=O)OCCCCSc1ncc(-c2ccccc2OC(F)(F)F)c(=O)n1C. The second kappa shape index (κ2) is 11.1. The fraction of sp³-hybridized carbons (Fsp3) is 0.522. The molecule has 0 aliphatic rings. The molecule has 1 aromatic heterocycles. The number of ether oxygens (including phenoxy) is 2. The summed E-state index contributed by atoms with van der Waals surface area (Å²) in [6.45, 7) is 7.99. The Morgan fingerprint density at radius 1 is 1.15 bits per heavy atom. The molecule has 1 heterocycles. The number of hydrogen-bond acceptors (Lipinski definition) is 6. The lowest BCUT2D eigenvalue weighted by Gasteiger charge is -2.26. The lowest BCUT2D eigenvalue weighted by molar-refractivity contribution is -0.274. The first-order valence-corrected chi connectivity index (χ1v) is 11.5. The van der Waals surface area contributed by atoms with Crippen molar-refractivity contribution in [2.45, 2.75) is 52.1 Å². The van der Waals surface area contributed by atoms with Crippen molar-refractivity contribution < 1.29 is 27.4 Å². The Bertz CT molecular complexity index is 1020. The van der Waals surface area contributed by atoms with Crippen LogP contribution in [-0.2, 0) is 16.6 Å². The molecule has 0 saturated carbocycles. The van der Waals surface area contributed by atoms with E-state index in [0.717, 1.165) is 12.5 Å². The molecule has 0 aliphatic carbocycles. The van der Waals surface area contributed by atoms with Gasteiger partial charge in [-0.15, -0.1) is 13.2 Å². The van der Waals surface area contributed by atoms with Gasteiger partial charge in [-0.05, 0) is 38.7 Å². The summed E-state index contributed by atoms with van der Waals surface area (Å²) in [4.78, 5) is 29.2. The molecular formula is C23H29F3N2O4S. The van der Waals surface area contributed by atoms with Gasteiger partial charge in [0, 0.05) is 24.6 Å². The Kier molecular flexibility index (Phi) is 8.99. The summed E-state index contributed by atoms with van der Waals surface area (Å²) in [5, 5.41) is 0.441. The molecule has 0 fully saturated rings. The number of nitrogens with zero attached hydrogens (tertiary/aromatic N) is 2. The van der Waals surface area contributed by atoms with Crippen molar-refractivity contribution in [3.05, 3.63) is 40.8 Å². The van der Waals surface area contributed by atoms with Gasteiger partial charge in [-0.2, -0.15) is 0 Å². The number of benzene rings is 1. The average Bonchev–Trinajstić information content (AvgIpc) is 2.72. The van der Waals surface area contributed by atoms with Crippen molar-refractivity contribution in [1.82, 2.24) is 9.55 Å². The molecule has 182 valence electrons. The van der Waals surface area contributed by atoms with Crippen LogP contribution >= 0.6 is 11.8 Å². The van der Waals surface area contributed by atoms with Crippen molar-refractivity contribution in [3.8, 4) is 16.9 Å². The zero-order valence-corrected chi connectivity index (χ0v) is 20.2. The Labute approximate surface area is 195 Å². The predicted octanol–water partition coefficient (Wildman–Crippen LogP) is 5.44. The molecule has 0 atom stereocenters. The summed E-state index contributed by atoms with van der Waals surface area (Å²) in [6.07, 6.45) is -2.20. The lowest BCUT2D eigenvalue weighted by Crippen LogP contribution is -2.32. The van der Waals surface area contributed by atoms with E-state index in [1.165, 1.54) is 47.8 Å². The second-order valence-corrected chi connectivity index (χ2v) is 9.49. The molecule has 0 amide bonds. The van der Waals surface area contributed by atoms with E-state index in [1.807, 2.05) is 27.7 Å². The van der Waals surface area contributed by atoms with Gasteiger partial charge in [-0.3, -0.25) is 14.2 Å². The van der Waals surface area contributed by atoms with Gasteiger partial charge in [0.25, 0.3) is 5.56 Å². The third kappa shape index (κ3) is 7.25. The molecule has 1 aromatic carbocycles. The Hall–Kier alpha value is -2.49. The molecule has 0 bridgehead atoms. The Balaban J connectivity index is 1.97. The second-order valence-electron chi connectivity index (χ2n) is 8.43. The highest BCUT2D eigenvalue weighted by atomic mass is 32.2. The fourth-order valence-corrected chi connectivity index (χ4v) is 3.64. The molecule has 2 aromatic rings. The van der Waals surface area contributed by atoms with Crippen molar-refractivity contribution >= 4 is 17.7 Å². The van der Waals surface area contributed by atoms with Gasteiger partial charge >= 0.3 is 12.3 Å². The maximum Gasteiger partial charge on any atom is 0.573 e. The first kappa shape index (κ1) is 26.8. The number of rotatable bonds is 10. The molecule has 0 spiro atoms. The standard InChI is InChI=1S/C23H29F3N2O4S/c1-15(2)22(3,4)20(30)31-12-8-9-13-33-21-27-14-17(19(29)28(21)5)16-10-6-7-11-18(16)32-23(24,25)26/h6-7,10-11,14-15H,8-9,12-13H2,1-5H3. The van der Waals surface area contributed by atoms with Crippen LogP contribution in [-0.4, -0.2) is 34.2 Å². The Morgan fingerprint density at radius 2 is 1.82 bits per heavy atom. The molecule has 6 nitrogen and oxygen atoms in total. The number of halogens is 3. The smallest absolute Gasteiger partial charge is 0.465 e. The lowest BCUT2D eigenvalue weighted by atomic mass is 9.81. The number of unbranched alkanes of at least 4 members (excludes halogenated alkanes) is 1. The molecule has 0 aliphatic heterocycles. The van der Waals surface area contributed by atoms with Crippen LogP contribution in [0.1, 0.15) is 40.5 Å². The van der Waals surface area contributed by atoms with E-state index < -0.39 is 23.1 Å². The third-order valence-corrected chi connectivity index (χ3v) is 6.63. The first-order valence-electron chi connectivity index (χ1n) is 10.6. The van der Waals surface area contributed by atoms with E-state index >= 15 is 0 Å². The van der Waals surface area contributed by atoms with Gasteiger partial charge in [0.05, 0.1) is 17.6 Å². The molecular weight excluding hydrogens is 457 g/mol. The third-order valence-electron chi connectivity index (χ3n) is 5.50. The van der Waals surface area contributed by atoms with Crippen molar-refractivity contribution in [2.75, 3.05) is 12.4 Å². The maximum atomic E-state index is 12.8. The average molecular weight is 487 g/mol. The number of thioether (sulfide) groups is 1. The topological polar surface area (TPSA) is 70.4 Å². The number of carbonyl (C=O) groups excluding carboxylic acids is 1. The minimum absolute atomic E-state index is 0.0152. The van der Waals surface area contributed by atoms with E-state index in [4.69, 9.17) is 4.74 Å². The molecule has 0 unspecified atom stereocenters. The van der Waals surface area contributed by atoms with Gasteiger partial charge in [-0.25, -0.2) is 4.98 Å². The van der Waals surface area contributed by atoms with Gasteiger partial charge in [0.15, 0.2) is 5.16 Å². The first-order chi connectivity index (χ1) is 15.3. The molecule has 33 heavy (non-hydrogen) atoms. The quantitative estimate of drug-likeness (QED) is 0.193. The maximum absolute atomic E-state index is 12.8. The van der Waals surface area contributed by atoms with E-state index in [-0.39, 0.29) is 23.0 Å². The number of carbonyl (C=O) groups is 1. The molecule has 0 N–H and O–H groups in total. The van der Waals surface area contributed by atoms with Crippen LogP contribution in [0.3, 0.4) is 0 Å². The van der Waals surface area contributed by atoms with Crippen LogP contribution in [0.4, 0.5) is 13.2 Å². The molecule has 2 rings (SSSR count). The van der Waals surface area contributed by atoms with E-state index in [1.54, 1.807) is 0 Å². The van der Waals surface area contributed by atoms with Crippen LogP contribution in [0, 0.1) is 11.3 Å². The summed E-state index contributed by atoms with van der Waals surface area (Å²) in [5.74, 6) is 0.125. The predicted molar refractivity (Wildman–Crippen MR) is 121 cm³/mol. The zero-order valence-electron chi connectivity index (χ0n) is 19.4. The highest BCUT2D eigenvalue weighted by Crippen LogP contribution is 2.32. The molecule has 0 radical (unpaired) electrons.